The van der Waals surface area contributed by atoms with Gasteiger partial charge in [-0.3, -0.25) is 4.79 Å². The second-order valence-electron chi connectivity index (χ2n) is 5.36. The zero-order valence-electron chi connectivity index (χ0n) is 10.1. The molecule has 1 fully saturated rings. The molecule has 0 bridgehead atoms. The van der Waals surface area contributed by atoms with Gasteiger partial charge in [0, 0.05) is 6.42 Å². The lowest BCUT2D eigenvalue weighted by Crippen LogP contribution is -2.27. The summed E-state index contributed by atoms with van der Waals surface area (Å²) in [6, 6.07) is 8.40. The van der Waals surface area contributed by atoms with Gasteiger partial charge in [0.1, 0.15) is 5.78 Å². The highest BCUT2D eigenvalue weighted by molar-refractivity contribution is 5.86. The average Bonchev–Trinajstić information content (AvgIpc) is 2.82. The van der Waals surface area contributed by atoms with Crippen LogP contribution < -0.4 is 0 Å². The van der Waals surface area contributed by atoms with Crippen molar-refractivity contribution in [3.8, 4) is 0 Å². The zero-order valence-corrected chi connectivity index (χ0v) is 10.1. The Morgan fingerprint density at radius 3 is 2.88 bits per heavy atom. The predicted octanol–water partition coefficient (Wildman–Crippen LogP) is 2.30. The fraction of sp³-hybridized carbons (Fsp3) is 0.533. The Balaban J connectivity index is 2.00. The van der Waals surface area contributed by atoms with Crippen LogP contribution in [0.3, 0.4) is 0 Å². The van der Waals surface area contributed by atoms with Crippen molar-refractivity contribution < 1.29 is 9.90 Å². The number of carbonyl (C=O) groups excluding carboxylic acids is 1. The van der Waals surface area contributed by atoms with Crippen LogP contribution in [0.25, 0.3) is 0 Å². The molecule has 4 atom stereocenters. The molecule has 0 spiro atoms. The number of hydrogen-bond donors (Lipinski definition) is 1. The first-order chi connectivity index (χ1) is 8.22. The average molecular weight is 230 g/mol. The molecule has 3 rings (SSSR count). The Morgan fingerprint density at radius 1 is 1.35 bits per heavy atom. The molecular weight excluding hydrogens is 212 g/mol. The largest absolute Gasteiger partial charge is 0.392 e. The molecule has 1 N–H and O–H groups in total. The van der Waals surface area contributed by atoms with E-state index in [2.05, 4.69) is 18.2 Å². The maximum absolute atomic E-state index is 12.0. The van der Waals surface area contributed by atoms with Gasteiger partial charge in [-0.2, -0.15) is 0 Å². The number of carbonyl (C=O) groups is 1. The highest BCUT2D eigenvalue weighted by atomic mass is 16.3. The van der Waals surface area contributed by atoms with Crippen molar-refractivity contribution >= 4 is 5.78 Å². The van der Waals surface area contributed by atoms with Crippen LogP contribution in [0, 0.1) is 11.8 Å². The maximum atomic E-state index is 12.0. The van der Waals surface area contributed by atoms with E-state index >= 15 is 0 Å². The van der Waals surface area contributed by atoms with Crippen molar-refractivity contribution in [2.24, 2.45) is 11.8 Å². The Morgan fingerprint density at radius 2 is 2.12 bits per heavy atom. The highest BCUT2D eigenvalue weighted by Crippen LogP contribution is 2.51. The summed E-state index contributed by atoms with van der Waals surface area (Å²) < 4.78 is 0. The zero-order chi connectivity index (χ0) is 12.0. The molecule has 17 heavy (non-hydrogen) atoms. The van der Waals surface area contributed by atoms with Crippen LogP contribution in [-0.4, -0.2) is 17.0 Å². The van der Waals surface area contributed by atoms with Gasteiger partial charge in [-0.05, 0) is 35.8 Å². The van der Waals surface area contributed by atoms with Gasteiger partial charge in [-0.1, -0.05) is 31.2 Å². The topological polar surface area (TPSA) is 37.3 Å². The quantitative estimate of drug-likeness (QED) is 0.846. The lowest BCUT2D eigenvalue weighted by atomic mass is 9.83. The summed E-state index contributed by atoms with van der Waals surface area (Å²) in [5, 5.41) is 10.1. The summed E-state index contributed by atoms with van der Waals surface area (Å²) in [7, 11) is 0. The Hall–Kier alpha value is -1.15. The standard InChI is InChI=1S/C15H18O2/c1-2-12(16)15-13(17)8-10-7-9-5-3-4-6-11(9)14(10)15/h3-6,10,12,14-16H,2,7-8H2,1H3/t10-,12?,14+,15?/m0/s1. The molecule has 0 saturated heterocycles. The lowest BCUT2D eigenvalue weighted by molar-refractivity contribution is -0.124. The van der Waals surface area contributed by atoms with E-state index < -0.39 is 6.10 Å². The van der Waals surface area contributed by atoms with Crippen LogP contribution in [0.4, 0.5) is 0 Å². The van der Waals surface area contributed by atoms with Crippen molar-refractivity contribution in [1.29, 1.82) is 0 Å². The van der Waals surface area contributed by atoms with Crippen LogP contribution in [-0.2, 0) is 11.2 Å². The minimum absolute atomic E-state index is 0.159. The molecule has 0 aliphatic heterocycles. The van der Waals surface area contributed by atoms with Crippen LogP contribution in [0.2, 0.25) is 0 Å². The molecule has 2 aliphatic carbocycles. The van der Waals surface area contributed by atoms with E-state index in [0.717, 1.165) is 6.42 Å². The molecule has 0 aromatic heterocycles. The fourth-order valence-corrected chi connectivity index (χ4v) is 3.70. The normalized spacial score (nSPS) is 32.4. The van der Waals surface area contributed by atoms with Gasteiger partial charge in [0.25, 0.3) is 0 Å². The minimum Gasteiger partial charge on any atom is -0.392 e. The first kappa shape index (κ1) is 11.0. The van der Waals surface area contributed by atoms with Crippen molar-refractivity contribution in [2.45, 2.75) is 38.2 Å². The van der Waals surface area contributed by atoms with Crippen LogP contribution >= 0.6 is 0 Å². The van der Waals surface area contributed by atoms with Gasteiger partial charge in [-0.25, -0.2) is 0 Å². The van der Waals surface area contributed by atoms with Gasteiger partial charge in [-0.15, -0.1) is 0 Å². The molecule has 2 nitrogen and oxygen atoms in total. The van der Waals surface area contributed by atoms with Crippen molar-refractivity contribution in [3.63, 3.8) is 0 Å². The van der Waals surface area contributed by atoms with Crippen molar-refractivity contribution in [1.82, 2.24) is 0 Å². The van der Waals surface area contributed by atoms with Gasteiger partial charge in [0.2, 0.25) is 0 Å². The second kappa shape index (κ2) is 3.95. The fourth-order valence-electron chi connectivity index (χ4n) is 3.70. The summed E-state index contributed by atoms with van der Waals surface area (Å²) in [5.41, 5.74) is 2.68. The molecule has 2 heteroatoms. The monoisotopic (exact) mass is 230 g/mol. The van der Waals surface area contributed by atoms with Gasteiger partial charge >= 0.3 is 0 Å². The number of Topliss-reactive ketones (excluding diaryl/α,β-unsaturated/α-hetero) is 1. The number of aliphatic hydroxyl groups is 1. The molecule has 1 aromatic rings. The summed E-state index contributed by atoms with van der Waals surface area (Å²) in [6.45, 7) is 1.95. The Labute approximate surface area is 102 Å². The lowest BCUT2D eigenvalue weighted by Gasteiger charge is -2.23. The molecule has 2 aliphatic rings. The van der Waals surface area contributed by atoms with Crippen molar-refractivity contribution in [3.05, 3.63) is 35.4 Å². The molecule has 0 heterocycles. The molecule has 90 valence electrons. The van der Waals surface area contributed by atoms with E-state index in [1.54, 1.807) is 0 Å². The smallest absolute Gasteiger partial charge is 0.139 e. The third kappa shape index (κ3) is 1.54. The first-order valence-electron chi connectivity index (χ1n) is 6.51. The molecule has 0 radical (unpaired) electrons. The van der Waals surface area contributed by atoms with Gasteiger partial charge in [0.05, 0.1) is 12.0 Å². The van der Waals surface area contributed by atoms with E-state index in [1.807, 2.05) is 13.0 Å². The van der Waals surface area contributed by atoms with Crippen molar-refractivity contribution in [2.75, 3.05) is 0 Å². The SMILES string of the molecule is CCC(O)C1C(=O)C[C@@H]2Cc3ccccc3[C@H]12. The molecular formula is C15H18O2. The summed E-state index contributed by atoms with van der Waals surface area (Å²) in [5.74, 6) is 0.817. The van der Waals surface area contributed by atoms with Crippen LogP contribution in [0.1, 0.15) is 36.8 Å². The second-order valence-corrected chi connectivity index (χ2v) is 5.36. The third-order valence-electron chi connectivity index (χ3n) is 4.46. The summed E-state index contributed by atoms with van der Waals surface area (Å²) in [6.07, 6.45) is 1.87. The third-order valence-corrected chi connectivity index (χ3v) is 4.46. The van der Waals surface area contributed by atoms with E-state index in [0.29, 0.717) is 18.8 Å². The van der Waals surface area contributed by atoms with Crippen LogP contribution in [0.5, 0.6) is 0 Å². The van der Waals surface area contributed by atoms with Crippen LogP contribution in [0.15, 0.2) is 24.3 Å². The minimum atomic E-state index is -0.469. The number of aliphatic hydroxyl groups excluding tert-OH is 1. The summed E-state index contributed by atoms with van der Waals surface area (Å²) >= 11 is 0. The van der Waals surface area contributed by atoms with E-state index in [4.69, 9.17) is 0 Å². The molecule has 2 unspecified atom stereocenters. The number of rotatable bonds is 2. The van der Waals surface area contributed by atoms with E-state index in [-0.39, 0.29) is 17.6 Å². The number of ketones is 1. The van der Waals surface area contributed by atoms with E-state index in [9.17, 15) is 9.90 Å². The van der Waals surface area contributed by atoms with Gasteiger partial charge in [0.15, 0.2) is 0 Å². The number of hydrogen-bond acceptors (Lipinski definition) is 2. The first-order valence-corrected chi connectivity index (χ1v) is 6.51. The molecule has 0 amide bonds. The maximum Gasteiger partial charge on any atom is 0.139 e. The molecule has 1 aromatic carbocycles. The number of fused-ring (bicyclic) bond motifs is 3. The Bertz CT molecular complexity index is 452. The highest BCUT2D eigenvalue weighted by Gasteiger charge is 2.49. The van der Waals surface area contributed by atoms with Gasteiger partial charge < -0.3 is 5.11 Å². The van der Waals surface area contributed by atoms with E-state index in [1.165, 1.54) is 11.1 Å². The predicted molar refractivity (Wildman–Crippen MR) is 65.8 cm³/mol. The summed E-state index contributed by atoms with van der Waals surface area (Å²) in [4.78, 5) is 12.0. The Kier molecular flexibility index (Phi) is 2.55. The number of benzene rings is 1. The molecule has 1 saturated carbocycles.